The number of nitro benzene ring substituents is 1. The monoisotopic (exact) mass is 285 g/mol. The van der Waals surface area contributed by atoms with Gasteiger partial charge in [0.2, 0.25) is 0 Å². The maximum Gasteiger partial charge on any atom is 0.272 e. The predicted molar refractivity (Wildman–Crippen MR) is 82.7 cm³/mol. The summed E-state index contributed by atoms with van der Waals surface area (Å²) in [6.45, 7) is 6.20. The summed E-state index contributed by atoms with van der Waals surface area (Å²) in [5, 5.41) is 11.1. The molecule has 0 heterocycles. The van der Waals surface area contributed by atoms with Crippen LogP contribution in [0.15, 0.2) is 42.5 Å². The Bertz CT molecular complexity index is 636. The first-order valence-corrected chi connectivity index (χ1v) is 6.94. The summed E-state index contributed by atoms with van der Waals surface area (Å²) in [6.07, 6.45) is 0. The second kappa shape index (κ2) is 6.39. The number of hydrogen-bond donors (Lipinski definition) is 0. The summed E-state index contributed by atoms with van der Waals surface area (Å²) in [5.41, 5.74) is 2.70. The molecule has 4 nitrogen and oxygen atoms in total. The fraction of sp³-hybridized carbons (Fsp3) is 0.294. The Morgan fingerprint density at radius 3 is 2.43 bits per heavy atom. The Morgan fingerprint density at radius 1 is 1.19 bits per heavy atom. The van der Waals surface area contributed by atoms with E-state index in [2.05, 4.69) is 0 Å². The minimum Gasteiger partial charge on any atom is -0.489 e. The third-order valence-electron chi connectivity index (χ3n) is 3.38. The summed E-state index contributed by atoms with van der Waals surface area (Å²) >= 11 is 0. The molecule has 0 aliphatic heterocycles. The number of nitro groups is 1. The van der Waals surface area contributed by atoms with Gasteiger partial charge in [0.1, 0.15) is 12.4 Å². The van der Waals surface area contributed by atoms with Crippen LogP contribution >= 0.6 is 0 Å². The van der Waals surface area contributed by atoms with Crippen molar-refractivity contribution in [3.05, 3.63) is 69.3 Å². The van der Waals surface area contributed by atoms with E-state index in [-0.39, 0.29) is 16.5 Å². The van der Waals surface area contributed by atoms with Crippen molar-refractivity contribution in [2.24, 2.45) is 0 Å². The highest BCUT2D eigenvalue weighted by molar-refractivity contribution is 5.51. The lowest BCUT2D eigenvalue weighted by atomic mass is 9.99. The Hall–Kier alpha value is -2.36. The molecule has 0 unspecified atom stereocenters. The molecule has 0 saturated heterocycles. The van der Waals surface area contributed by atoms with Crippen molar-refractivity contribution in [3.63, 3.8) is 0 Å². The van der Waals surface area contributed by atoms with Gasteiger partial charge in [0.05, 0.1) is 4.92 Å². The first-order valence-electron chi connectivity index (χ1n) is 6.94. The number of ether oxygens (including phenoxy) is 1. The summed E-state index contributed by atoms with van der Waals surface area (Å²) in [6, 6.07) is 13.3. The van der Waals surface area contributed by atoms with Crippen molar-refractivity contribution in [2.45, 2.75) is 33.3 Å². The molecule has 0 atom stereocenters. The maximum absolute atomic E-state index is 11.1. The van der Waals surface area contributed by atoms with E-state index in [9.17, 15) is 10.1 Å². The quantitative estimate of drug-likeness (QED) is 0.595. The molecule has 0 spiro atoms. The van der Waals surface area contributed by atoms with Gasteiger partial charge in [-0.05, 0) is 24.5 Å². The molecule has 0 aliphatic rings. The standard InChI is InChI=1S/C17H19NO3/c1-12(2)15-10-16(18(19)20)13(3)9-17(15)21-11-14-7-5-4-6-8-14/h4-10,12H,11H2,1-3H3. The van der Waals surface area contributed by atoms with Crippen molar-refractivity contribution < 1.29 is 9.66 Å². The molecular formula is C17H19NO3. The van der Waals surface area contributed by atoms with E-state index < -0.39 is 0 Å². The van der Waals surface area contributed by atoms with Crippen LogP contribution in [0.1, 0.15) is 36.5 Å². The van der Waals surface area contributed by atoms with Gasteiger partial charge in [-0.1, -0.05) is 44.2 Å². The van der Waals surface area contributed by atoms with Crippen LogP contribution in [-0.2, 0) is 6.61 Å². The van der Waals surface area contributed by atoms with Crippen LogP contribution in [0.25, 0.3) is 0 Å². The molecule has 0 radical (unpaired) electrons. The SMILES string of the molecule is Cc1cc(OCc2ccccc2)c(C(C)C)cc1[N+](=O)[O-]. The van der Waals surface area contributed by atoms with Crippen LogP contribution in [0.3, 0.4) is 0 Å². The van der Waals surface area contributed by atoms with Crippen LogP contribution in [0.4, 0.5) is 5.69 Å². The zero-order valence-corrected chi connectivity index (χ0v) is 12.5. The lowest BCUT2D eigenvalue weighted by Crippen LogP contribution is -2.02. The first-order chi connectivity index (χ1) is 9.99. The van der Waals surface area contributed by atoms with Gasteiger partial charge < -0.3 is 4.74 Å². The van der Waals surface area contributed by atoms with E-state index in [1.165, 1.54) is 0 Å². The van der Waals surface area contributed by atoms with Gasteiger partial charge in [-0.25, -0.2) is 0 Å². The molecule has 2 aromatic carbocycles. The molecule has 0 bridgehead atoms. The van der Waals surface area contributed by atoms with Gasteiger partial charge in [0, 0.05) is 17.2 Å². The van der Waals surface area contributed by atoms with Gasteiger partial charge in [-0.2, -0.15) is 0 Å². The fourth-order valence-corrected chi connectivity index (χ4v) is 2.19. The van der Waals surface area contributed by atoms with Crippen molar-refractivity contribution in [1.82, 2.24) is 0 Å². The Morgan fingerprint density at radius 2 is 1.86 bits per heavy atom. The van der Waals surface area contributed by atoms with Crippen LogP contribution in [0.2, 0.25) is 0 Å². The normalized spacial score (nSPS) is 10.7. The van der Waals surface area contributed by atoms with E-state index in [1.807, 2.05) is 44.2 Å². The van der Waals surface area contributed by atoms with Crippen LogP contribution in [0.5, 0.6) is 5.75 Å². The van der Waals surface area contributed by atoms with Gasteiger partial charge in [0.15, 0.2) is 0 Å². The van der Waals surface area contributed by atoms with Gasteiger partial charge >= 0.3 is 0 Å². The maximum atomic E-state index is 11.1. The van der Waals surface area contributed by atoms with Gasteiger partial charge in [0.25, 0.3) is 5.69 Å². The Labute approximate surface area is 124 Å². The topological polar surface area (TPSA) is 52.4 Å². The highest BCUT2D eigenvalue weighted by atomic mass is 16.6. The highest BCUT2D eigenvalue weighted by Crippen LogP contribution is 2.33. The molecular weight excluding hydrogens is 266 g/mol. The van der Waals surface area contributed by atoms with Crippen molar-refractivity contribution in [1.29, 1.82) is 0 Å². The molecule has 2 aromatic rings. The Kier molecular flexibility index (Phi) is 4.58. The molecule has 0 amide bonds. The van der Waals surface area contributed by atoms with E-state index in [1.54, 1.807) is 19.1 Å². The smallest absolute Gasteiger partial charge is 0.272 e. The fourth-order valence-electron chi connectivity index (χ4n) is 2.19. The first kappa shape index (κ1) is 15.0. The number of benzene rings is 2. The van der Waals surface area contributed by atoms with Crippen molar-refractivity contribution in [2.75, 3.05) is 0 Å². The highest BCUT2D eigenvalue weighted by Gasteiger charge is 2.18. The summed E-state index contributed by atoms with van der Waals surface area (Å²) in [4.78, 5) is 10.7. The number of aryl methyl sites for hydroxylation is 1. The minimum absolute atomic E-state index is 0.144. The second-order valence-corrected chi connectivity index (χ2v) is 5.36. The molecule has 0 aliphatic carbocycles. The second-order valence-electron chi connectivity index (χ2n) is 5.36. The van der Waals surface area contributed by atoms with E-state index in [0.29, 0.717) is 12.2 Å². The van der Waals surface area contributed by atoms with Crippen LogP contribution in [0, 0.1) is 17.0 Å². The van der Waals surface area contributed by atoms with Gasteiger partial charge in [-0.15, -0.1) is 0 Å². The largest absolute Gasteiger partial charge is 0.489 e. The van der Waals surface area contributed by atoms with Crippen LogP contribution in [-0.4, -0.2) is 4.92 Å². The van der Waals surface area contributed by atoms with E-state index in [0.717, 1.165) is 16.9 Å². The van der Waals surface area contributed by atoms with E-state index >= 15 is 0 Å². The summed E-state index contributed by atoms with van der Waals surface area (Å²) < 4.78 is 5.88. The molecule has 0 aromatic heterocycles. The van der Waals surface area contributed by atoms with Crippen LogP contribution < -0.4 is 4.74 Å². The van der Waals surface area contributed by atoms with Crippen molar-refractivity contribution in [3.8, 4) is 5.75 Å². The minimum atomic E-state index is -0.345. The number of hydrogen-bond acceptors (Lipinski definition) is 3. The average molecular weight is 285 g/mol. The summed E-state index contributed by atoms with van der Waals surface area (Å²) in [5.74, 6) is 0.882. The third-order valence-corrected chi connectivity index (χ3v) is 3.38. The molecule has 0 N–H and O–H groups in total. The predicted octanol–water partition coefficient (Wildman–Crippen LogP) is 4.61. The zero-order chi connectivity index (χ0) is 15.4. The molecule has 0 saturated carbocycles. The lowest BCUT2D eigenvalue weighted by molar-refractivity contribution is -0.385. The molecule has 110 valence electrons. The number of rotatable bonds is 5. The molecule has 21 heavy (non-hydrogen) atoms. The lowest BCUT2D eigenvalue weighted by Gasteiger charge is -2.15. The third kappa shape index (κ3) is 3.60. The molecule has 2 rings (SSSR count). The molecule has 0 fully saturated rings. The molecule has 4 heteroatoms. The summed E-state index contributed by atoms with van der Waals surface area (Å²) in [7, 11) is 0. The average Bonchev–Trinajstić information content (AvgIpc) is 2.45. The van der Waals surface area contributed by atoms with Gasteiger partial charge in [-0.3, -0.25) is 10.1 Å². The zero-order valence-electron chi connectivity index (χ0n) is 12.5. The van der Waals surface area contributed by atoms with Crippen molar-refractivity contribution >= 4 is 5.69 Å². The number of nitrogens with zero attached hydrogens (tertiary/aromatic N) is 1. The van der Waals surface area contributed by atoms with E-state index in [4.69, 9.17) is 4.74 Å². The Balaban J connectivity index is 2.30.